The van der Waals surface area contributed by atoms with Gasteiger partial charge in [0.1, 0.15) is 23.3 Å². The number of hydrogen-bond acceptors (Lipinski definition) is 7. The fourth-order valence-electron chi connectivity index (χ4n) is 5.38. The van der Waals surface area contributed by atoms with Gasteiger partial charge >= 0.3 is 0 Å². The lowest BCUT2D eigenvalue weighted by Crippen LogP contribution is -2.65. The standard InChI is InChI=1S/C29H35FN4O6/c30-21-11-10-20-17-31-28(37)22-18-34-25(27(36)26(22)35)29(38)32-13-15-39-19-24(32)33(34)12-8-6-4-2-1-3-5-7-9-14-40-23(20)16-21/h5,7,10-11,16,18,24,36H,1-4,6,8-9,12-15,17,19H2,(H,31,37)/b7-5+. The summed E-state index contributed by atoms with van der Waals surface area (Å²) in [6.07, 6.45) is 11.7. The molecule has 1 unspecified atom stereocenters. The number of ether oxygens (including phenoxy) is 2. The number of aromatic hydroxyl groups is 1. The fourth-order valence-corrected chi connectivity index (χ4v) is 5.38. The Balaban J connectivity index is 1.48. The lowest BCUT2D eigenvalue weighted by atomic mass is 10.1. The predicted octanol–water partition coefficient (Wildman–Crippen LogP) is 3.05. The molecule has 11 heteroatoms. The van der Waals surface area contributed by atoms with Crippen molar-refractivity contribution in [3.05, 3.63) is 69.4 Å². The van der Waals surface area contributed by atoms with E-state index in [2.05, 4.69) is 17.5 Å². The summed E-state index contributed by atoms with van der Waals surface area (Å²) in [4.78, 5) is 41.3. The number of morpholine rings is 1. The Hall–Kier alpha value is -3.86. The molecule has 1 atom stereocenters. The molecule has 3 aliphatic rings. The molecule has 214 valence electrons. The third kappa shape index (κ3) is 5.84. The van der Waals surface area contributed by atoms with Crippen molar-refractivity contribution in [1.29, 1.82) is 0 Å². The third-order valence-corrected chi connectivity index (χ3v) is 7.53. The lowest BCUT2D eigenvalue weighted by Gasteiger charge is -2.48. The van der Waals surface area contributed by atoms with Gasteiger partial charge in [0.2, 0.25) is 5.43 Å². The molecule has 2 aromatic rings. The van der Waals surface area contributed by atoms with Crippen LogP contribution < -0.4 is 20.5 Å². The number of amides is 2. The Morgan fingerprint density at radius 1 is 0.975 bits per heavy atom. The monoisotopic (exact) mass is 554 g/mol. The first-order valence-electron chi connectivity index (χ1n) is 13.9. The van der Waals surface area contributed by atoms with E-state index in [-0.39, 0.29) is 24.4 Å². The Labute approximate surface area is 231 Å². The van der Waals surface area contributed by atoms with Gasteiger partial charge in [0.25, 0.3) is 11.8 Å². The molecular weight excluding hydrogens is 519 g/mol. The van der Waals surface area contributed by atoms with E-state index < -0.39 is 35.0 Å². The van der Waals surface area contributed by atoms with Gasteiger partial charge < -0.3 is 24.8 Å². The average molecular weight is 555 g/mol. The van der Waals surface area contributed by atoms with Gasteiger partial charge in [-0.2, -0.15) is 0 Å². The number of carbonyl (C=O) groups excluding carboxylic acids is 2. The summed E-state index contributed by atoms with van der Waals surface area (Å²) in [5.41, 5.74) is -0.841. The molecule has 2 N–H and O–H groups in total. The van der Waals surface area contributed by atoms with E-state index in [9.17, 15) is 23.9 Å². The van der Waals surface area contributed by atoms with Gasteiger partial charge in [-0.1, -0.05) is 37.5 Å². The van der Waals surface area contributed by atoms with Gasteiger partial charge in [0, 0.05) is 37.5 Å². The van der Waals surface area contributed by atoms with Crippen LogP contribution in [0.1, 0.15) is 71.4 Å². The van der Waals surface area contributed by atoms with Crippen LogP contribution in [-0.4, -0.2) is 65.6 Å². The molecule has 1 aromatic carbocycles. The van der Waals surface area contributed by atoms with Crippen LogP contribution >= 0.6 is 0 Å². The summed E-state index contributed by atoms with van der Waals surface area (Å²) in [7, 11) is 0. The number of nitrogens with one attached hydrogen (secondary N) is 1. The van der Waals surface area contributed by atoms with Crippen LogP contribution in [0, 0.1) is 5.82 Å². The lowest BCUT2D eigenvalue weighted by molar-refractivity contribution is -0.0173. The summed E-state index contributed by atoms with van der Waals surface area (Å²) in [5, 5.41) is 15.5. The van der Waals surface area contributed by atoms with Crippen molar-refractivity contribution in [2.45, 2.75) is 57.7 Å². The first-order chi connectivity index (χ1) is 19.5. The molecule has 2 bridgehead atoms. The second-order valence-electron chi connectivity index (χ2n) is 10.2. The van der Waals surface area contributed by atoms with Crippen LogP contribution in [0.3, 0.4) is 0 Å². The summed E-state index contributed by atoms with van der Waals surface area (Å²) < 4.78 is 26.9. The van der Waals surface area contributed by atoms with Gasteiger partial charge in [-0.05, 0) is 31.7 Å². The molecule has 5 rings (SSSR count). The van der Waals surface area contributed by atoms with Gasteiger partial charge in [0.15, 0.2) is 11.4 Å². The van der Waals surface area contributed by atoms with Gasteiger partial charge in [0.05, 0.1) is 19.8 Å². The number of halogens is 1. The second-order valence-corrected chi connectivity index (χ2v) is 10.2. The minimum atomic E-state index is -0.926. The number of fused-ring (bicyclic) bond motifs is 4. The molecule has 0 aliphatic carbocycles. The van der Waals surface area contributed by atoms with Crippen molar-refractivity contribution in [2.24, 2.45) is 0 Å². The number of carbonyl (C=O) groups is 2. The molecule has 40 heavy (non-hydrogen) atoms. The predicted molar refractivity (Wildman–Crippen MR) is 146 cm³/mol. The Kier molecular flexibility index (Phi) is 8.69. The van der Waals surface area contributed by atoms with Gasteiger partial charge in [-0.3, -0.25) is 24.1 Å². The molecule has 3 aliphatic heterocycles. The molecule has 0 spiro atoms. The number of rotatable bonds is 0. The van der Waals surface area contributed by atoms with Crippen LogP contribution in [0.5, 0.6) is 11.5 Å². The largest absolute Gasteiger partial charge is 0.502 e. The van der Waals surface area contributed by atoms with Crippen molar-refractivity contribution in [2.75, 3.05) is 37.9 Å². The van der Waals surface area contributed by atoms with E-state index in [4.69, 9.17) is 9.47 Å². The Morgan fingerprint density at radius 3 is 2.65 bits per heavy atom. The summed E-state index contributed by atoms with van der Waals surface area (Å²) in [6.45, 7) is 1.85. The number of aromatic nitrogens is 1. The highest BCUT2D eigenvalue weighted by atomic mass is 19.1. The number of benzene rings is 1. The van der Waals surface area contributed by atoms with Crippen molar-refractivity contribution in [3.8, 4) is 11.5 Å². The zero-order valence-corrected chi connectivity index (χ0v) is 22.4. The maximum absolute atomic E-state index is 13.9. The average Bonchev–Trinajstić information content (AvgIpc) is 2.95. The Morgan fingerprint density at radius 2 is 1.77 bits per heavy atom. The topological polar surface area (TPSA) is 113 Å². The molecule has 1 aromatic heterocycles. The van der Waals surface area contributed by atoms with Gasteiger partial charge in [-0.25, -0.2) is 4.39 Å². The molecule has 1 saturated heterocycles. The Bertz CT molecular complexity index is 1340. The fraction of sp³-hybridized carbons (Fsp3) is 0.483. The molecule has 1 fully saturated rings. The molecule has 0 saturated carbocycles. The number of pyridine rings is 1. The highest BCUT2D eigenvalue weighted by Gasteiger charge is 2.42. The number of hydrogen-bond donors (Lipinski definition) is 2. The van der Waals surface area contributed by atoms with E-state index >= 15 is 0 Å². The van der Waals surface area contributed by atoms with E-state index in [1.165, 1.54) is 29.1 Å². The van der Waals surface area contributed by atoms with E-state index in [1.54, 1.807) is 4.90 Å². The second kappa shape index (κ2) is 12.5. The van der Waals surface area contributed by atoms with Crippen LogP contribution in [0.4, 0.5) is 4.39 Å². The number of nitrogens with zero attached hydrogens (tertiary/aromatic N) is 3. The minimum absolute atomic E-state index is 0.0286. The molecule has 0 radical (unpaired) electrons. The molecule has 10 nitrogen and oxygen atoms in total. The summed E-state index contributed by atoms with van der Waals surface area (Å²) in [6, 6.07) is 4.06. The maximum atomic E-state index is 13.9. The van der Waals surface area contributed by atoms with E-state index in [0.717, 1.165) is 38.5 Å². The van der Waals surface area contributed by atoms with E-state index in [1.807, 2.05) is 5.01 Å². The first kappa shape index (κ1) is 27.7. The highest BCUT2D eigenvalue weighted by molar-refractivity contribution is 5.99. The minimum Gasteiger partial charge on any atom is -0.502 e. The zero-order chi connectivity index (χ0) is 28.1. The maximum Gasteiger partial charge on any atom is 0.278 e. The summed E-state index contributed by atoms with van der Waals surface area (Å²) in [5.74, 6) is -2.12. The normalized spacial score (nSPS) is 21.8. The molecule has 2 amide bonds. The SMILES string of the molecule is O=C1NCc2ccc(F)cc2OCC/C=C/CCCCCCCN2C3COCCN3C(=O)c3c(O)c(=O)c1cn32. The highest BCUT2D eigenvalue weighted by Crippen LogP contribution is 2.27. The van der Waals surface area contributed by atoms with Crippen LogP contribution in [0.15, 0.2) is 41.3 Å². The molecule has 4 heterocycles. The van der Waals surface area contributed by atoms with Crippen molar-refractivity contribution in [1.82, 2.24) is 14.9 Å². The summed E-state index contributed by atoms with van der Waals surface area (Å²) >= 11 is 0. The van der Waals surface area contributed by atoms with Crippen molar-refractivity contribution in [3.63, 3.8) is 0 Å². The van der Waals surface area contributed by atoms with E-state index in [0.29, 0.717) is 44.0 Å². The van der Waals surface area contributed by atoms with Crippen molar-refractivity contribution < 1.29 is 28.6 Å². The molecular formula is C29H35FN4O6. The van der Waals surface area contributed by atoms with Crippen LogP contribution in [-0.2, 0) is 11.3 Å². The first-order valence-corrected chi connectivity index (χ1v) is 13.9. The zero-order valence-electron chi connectivity index (χ0n) is 22.4. The van der Waals surface area contributed by atoms with Crippen molar-refractivity contribution >= 4 is 11.8 Å². The smallest absolute Gasteiger partial charge is 0.278 e. The third-order valence-electron chi connectivity index (χ3n) is 7.53. The van der Waals surface area contributed by atoms with Crippen LogP contribution in [0.2, 0.25) is 0 Å². The quantitative estimate of drug-likeness (QED) is 0.482. The van der Waals surface area contributed by atoms with Gasteiger partial charge in [-0.15, -0.1) is 0 Å². The van der Waals surface area contributed by atoms with Crippen LogP contribution in [0.25, 0.3) is 0 Å². The number of allylic oxidation sites excluding steroid dienone is 1.